The van der Waals surface area contributed by atoms with Crippen LogP contribution in [-0.2, 0) is 6.42 Å². The Morgan fingerprint density at radius 2 is 1.96 bits per heavy atom. The smallest absolute Gasteiger partial charge is 0.269 e. The highest BCUT2D eigenvalue weighted by atomic mass is 19.1. The predicted octanol–water partition coefficient (Wildman–Crippen LogP) is 3.72. The largest absolute Gasteiger partial charge is 0.305 e. The van der Waals surface area contributed by atoms with Crippen LogP contribution >= 0.6 is 0 Å². The van der Waals surface area contributed by atoms with Gasteiger partial charge in [-0.25, -0.2) is 4.39 Å². The number of halogens is 1. The molecule has 118 valence electrons. The van der Waals surface area contributed by atoms with Crippen molar-refractivity contribution in [3.8, 4) is 0 Å². The van der Waals surface area contributed by atoms with Crippen LogP contribution in [0.2, 0.25) is 0 Å². The molecule has 1 amide bonds. The molecule has 2 aromatic carbocycles. The molecule has 0 saturated carbocycles. The number of nitro benzene ring substituents is 1. The Hall–Kier alpha value is -2.76. The van der Waals surface area contributed by atoms with E-state index in [0.717, 1.165) is 18.4 Å². The van der Waals surface area contributed by atoms with Gasteiger partial charge in [0.25, 0.3) is 11.6 Å². The minimum Gasteiger partial charge on any atom is -0.305 e. The van der Waals surface area contributed by atoms with E-state index in [9.17, 15) is 19.3 Å². The van der Waals surface area contributed by atoms with Gasteiger partial charge in [0, 0.05) is 29.4 Å². The van der Waals surface area contributed by atoms with E-state index in [1.54, 1.807) is 11.0 Å². The number of carbonyl (C=O) groups excluding carboxylic acids is 1. The molecule has 0 radical (unpaired) electrons. The van der Waals surface area contributed by atoms with E-state index in [4.69, 9.17) is 0 Å². The van der Waals surface area contributed by atoms with Gasteiger partial charge >= 0.3 is 0 Å². The van der Waals surface area contributed by atoms with Crippen LogP contribution in [0.15, 0.2) is 42.5 Å². The number of aryl methyl sites for hydroxylation is 1. The summed E-state index contributed by atoms with van der Waals surface area (Å²) in [6.45, 7) is 1.94. The molecule has 6 heteroatoms. The average molecular weight is 314 g/mol. The van der Waals surface area contributed by atoms with Crippen LogP contribution in [-0.4, -0.2) is 16.9 Å². The summed E-state index contributed by atoms with van der Waals surface area (Å²) in [6, 6.07) is 9.92. The van der Waals surface area contributed by atoms with Gasteiger partial charge in [0.15, 0.2) is 0 Å². The highest BCUT2D eigenvalue weighted by molar-refractivity contribution is 6.07. The second-order valence-corrected chi connectivity index (χ2v) is 5.64. The molecule has 1 aliphatic heterocycles. The Bertz CT molecular complexity index is 774. The lowest BCUT2D eigenvalue weighted by Crippen LogP contribution is -2.42. The highest BCUT2D eigenvalue weighted by Crippen LogP contribution is 2.32. The van der Waals surface area contributed by atoms with Crippen molar-refractivity contribution in [3.05, 3.63) is 69.5 Å². The molecule has 23 heavy (non-hydrogen) atoms. The first-order valence-corrected chi connectivity index (χ1v) is 7.34. The van der Waals surface area contributed by atoms with E-state index in [1.165, 1.54) is 36.4 Å². The molecule has 1 heterocycles. The minimum atomic E-state index is -0.504. The Morgan fingerprint density at radius 1 is 1.26 bits per heavy atom. The minimum absolute atomic E-state index is 0.0179. The fourth-order valence-corrected chi connectivity index (χ4v) is 2.89. The highest BCUT2D eigenvalue weighted by Gasteiger charge is 2.29. The predicted molar refractivity (Wildman–Crippen MR) is 84.1 cm³/mol. The number of carbonyl (C=O) groups is 1. The number of non-ortho nitro benzene ring substituents is 1. The van der Waals surface area contributed by atoms with Crippen LogP contribution in [0.1, 0.15) is 29.3 Å². The van der Waals surface area contributed by atoms with Crippen LogP contribution in [0.5, 0.6) is 0 Å². The van der Waals surface area contributed by atoms with Crippen molar-refractivity contribution in [2.75, 3.05) is 4.90 Å². The maximum absolute atomic E-state index is 13.4. The lowest BCUT2D eigenvalue weighted by Gasteiger charge is -2.35. The normalized spacial score (nSPS) is 16.8. The number of nitrogens with zero attached hydrogens (tertiary/aromatic N) is 2. The maximum atomic E-state index is 13.4. The molecule has 1 atom stereocenters. The van der Waals surface area contributed by atoms with Crippen LogP contribution in [0.25, 0.3) is 0 Å². The number of anilines is 1. The molecule has 0 aromatic heterocycles. The number of amides is 1. The summed E-state index contributed by atoms with van der Waals surface area (Å²) in [5.74, 6) is -0.555. The summed E-state index contributed by atoms with van der Waals surface area (Å²) in [7, 11) is 0. The molecule has 0 bridgehead atoms. The molecule has 2 aromatic rings. The molecule has 0 unspecified atom stereocenters. The van der Waals surface area contributed by atoms with E-state index >= 15 is 0 Å². The van der Waals surface area contributed by atoms with Gasteiger partial charge < -0.3 is 4.90 Å². The van der Waals surface area contributed by atoms with Gasteiger partial charge in [0.05, 0.1) is 4.92 Å². The number of fused-ring (bicyclic) bond motifs is 1. The van der Waals surface area contributed by atoms with Crippen LogP contribution in [0.3, 0.4) is 0 Å². The molecular weight excluding hydrogens is 299 g/mol. The summed E-state index contributed by atoms with van der Waals surface area (Å²) in [6.07, 6.45) is 1.47. The zero-order valence-electron chi connectivity index (χ0n) is 12.5. The summed E-state index contributed by atoms with van der Waals surface area (Å²) >= 11 is 0. The van der Waals surface area contributed by atoms with Crippen molar-refractivity contribution in [2.24, 2.45) is 0 Å². The standard InChI is InChI=1S/C17H15FN2O3/c1-11-2-3-13-10-14(18)6-9-16(13)19(11)17(21)12-4-7-15(8-5-12)20(22)23/h4-11H,2-3H2,1H3/t11-/m1/s1. The lowest BCUT2D eigenvalue weighted by atomic mass is 9.95. The number of rotatable bonds is 2. The van der Waals surface area contributed by atoms with Gasteiger partial charge in [-0.15, -0.1) is 0 Å². The first-order chi connectivity index (χ1) is 11.0. The Labute approximate surface area is 132 Å². The van der Waals surface area contributed by atoms with Gasteiger partial charge in [-0.2, -0.15) is 0 Å². The average Bonchev–Trinajstić information content (AvgIpc) is 2.54. The Kier molecular flexibility index (Phi) is 3.82. The van der Waals surface area contributed by atoms with Crippen molar-refractivity contribution in [3.63, 3.8) is 0 Å². The van der Waals surface area contributed by atoms with Gasteiger partial charge in [0.2, 0.25) is 0 Å². The van der Waals surface area contributed by atoms with Gasteiger partial charge in [-0.05, 0) is 55.7 Å². The van der Waals surface area contributed by atoms with Gasteiger partial charge in [0.1, 0.15) is 5.82 Å². The molecule has 0 N–H and O–H groups in total. The molecule has 1 aliphatic rings. The summed E-state index contributed by atoms with van der Waals surface area (Å²) < 4.78 is 13.4. The summed E-state index contributed by atoms with van der Waals surface area (Å²) in [5, 5.41) is 10.7. The first-order valence-electron chi connectivity index (χ1n) is 7.34. The van der Waals surface area contributed by atoms with Gasteiger partial charge in [-0.1, -0.05) is 0 Å². The van der Waals surface area contributed by atoms with E-state index in [0.29, 0.717) is 11.3 Å². The fourth-order valence-electron chi connectivity index (χ4n) is 2.89. The second-order valence-electron chi connectivity index (χ2n) is 5.64. The van der Waals surface area contributed by atoms with Crippen molar-refractivity contribution < 1.29 is 14.1 Å². The molecule has 0 aliphatic carbocycles. The Morgan fingerprint density at radius 3 is 2.61 bits per heavy atom. The fraction of sp³-hybridized carbons (Fsp3) is 0.235. The SMILES string of the molecule is C[C@@H]1CCc2cc(F)ccc2N1C(=O)c1ccc([N+](=O)[O-])cc1. The van der Waals surface area contributed by atoms with Crippen molar-refractivity contribution >= 4 is 17.3 Å². The van der Waals surface area contributed by atoms with Crippen LogP contribution in [0.4, 0.5) is 15.8 Å². The van der Waals surface area contributed by atoms with E-state index in [2.05, 4.69) is 0 Å². The third kappa shape index (κ3) is 2.79. The quantitative estimate of drug-likeness (QED) is 0.627. The molecule has 0 fully saturated rings. The van der Waals surface area contributed by atoms with Crippen molar-refractivity contribution in [1.82, 2.24) is 0 Å². The van der Waals surface area contributed by atoms with Crippen molar-refractivity contribution in [1.29, 1.82) is 0 Å². The number of nitro groups is 1. The van der Waals surface area contributed by atoms with Crippen LogP contribution in [0, 0.1) is 15.9 Å². The molecule has 3 rings (SSSR count). The molecular formula is C17H15FN2O3. The van der Waals surface area contributed by atoms with Crippen LogP contribution < -0.4 is 4.90 Å². The topological polar surface area (TPSA) is 63.5 Å². The maximum Gasteiger partial charge on any atom is 0.269 e. The second kappa shape index (κ2) is 5.79. The molecule has 0 spiro atoms. The number of hydrogen-bond acceptors (Lipinski definition) is 3. The third-order valence-corrected chi connectivity index (χ3v) is 4.12. The third-order valence-electron chi connectivity index (χ3n) is 4.12. The van der Waals surface area contributed by atoms with Crippen molar-refractivity contribution in [2.45, 2.75) is 25.8 Å². The summed E-state index contributed by atoms with van der Waals surface area (Å²) in [5.41, 5.74) is 1.82. The van der Waals surface area contributed by atoms with Gasteiger partial charge in [-0.3, -0.25) is 14.9 Å². The number of benzene rings is 2. The zero-order chi connectivity index (χ0) is 16.6. The monoisotopic (exact) mass is 314 g/mol. The number of hydrogen-bond donors (Lipinski definition) is 0. The molecule has 0 saturated heterocycles. The molecule has 5 nitrogen and oxygen atoms in total. The lowest BCUT2D eigenvalue weighted by molar-refractivity contribution is -0.384. The first kappa shape index (κ1) is 15.1. The van der Waals surface area contributed by atoms with E-state index in [1.807, 2.05) is 6.92 Å². The van der Waals surface area contributed by atoms with E-state index < -0.39 is 4.92 Å². The zero-order valence-corrected chi connectivity index (χ0v) is 12.5. The summed E-state index contributed by atoms with van der Waals surface area (Å²) in [4.78, 5) is 24.6. The van der Waals surface area contributed by atoms with E-state index in [-0.39, 0.29) is 23.5 Å². The Balaban J connectivity index is 1.97.